The van der Waals surface area contributed by atoms with Gasteiger partial charge in [0, 0.05) is 5.57 Å². The third-order valence-corrected chi connectivity index (χ3v) is 4.53. The van der Waals surface area contributed by atoms with Gasteiger partial charge in [-0.25, -0.2) is 4.79 Å². The zero-order chi connectivity index (χ0) is 18.1. The fraction of sp³-hybridized carbons (Fsp3) is 0.474. The SMILES string of the molecule is CCC(CCC/C(C)=C(/C)C(=O)Cl)COC(=O)c1ccccc1O. The first-order valence-corrected chi connectivity index (χ1v) is 8.55. The predicted octanol–water partition coefficient (Wildman–Crippen LogP) is 4.85. The molecule has 5 heteroatoms. The molecule has 1 N–H and O–H groups in total. The molecule has 0 spiro atoms. The number of carbonyl (C=O) groups excluding carboxylic acids is 2. The van der Waals surface area contributed by atoms with Crippen molar-refractivity contribution in [3.05, 3.63) is 41.0 Å². The second-order valence-corrected chi connectivity index (χ2v) is 6.30. The zero-order valence-electron chi connectivity index (χ0n) is 14.5. The van der Waals surface area contributed by atoms with Crippen molar-refractivity contribution in [2.75, 3.05) is 6.61 Å². The molecule has 132 valence electrons. The van der Waals surface area contributed by atoms with Gasteiger partial charge in [0.2, 0.25) is 5.24 Å². The molecule has 1 atom stereocenters. The largest absolute Gasteiger partial charge is 0.507 e. The van der Waals surface area contributed by atoms with Crippen molar-refractivity contribution in [2.24, 2.45) is 5.92 Å². The van der Waals surface area contributed by atoms with Crippen LogP contribution in [0.4, 0.5) is 0 Å². The predicted molar refractivity (Wildman–Crippen MR) is 95.3 cm³/mol. The van der Waals surface area contributed by atoms with Gasteiger partial charge in [-0.15, -0.1) is 0 Å². The highest BCUT2D eigenvalue weighted by molar-refractivity contribution is 6.67. The van der Waals surface area contributed by atoms with E-state index in [4.69, 9.17) is 16.3 Å². The highest BCUT2D eigenvalue weighted by Gasteiger charge is 2.15. The van der Waals surface area contributed by atoms with E-state index in [0.717, 1.165) is 31.3 Å². The van der Waals surface area contributed by atoms with E-state index in [1.165, 1.54) is 6.07 Å². The maximum absolute atomic E-state index is 12.0. The molecular formula is C19H25ClO4. The van der Waals surface area contributed by atoms with Gasteiger partial charge in [0.05, 0.1) is 6.61 Å². The van der Waals surface area contributed by atoms with Crippen molar-refractivity contribution < 1.29 is 19.4 Å². The Morgan fingerprint density at radius 2 is 1.92 bits per heavy atom. The molecule has 1 aromatic carbocycles. The molecule has 0 aliphatic heterocycles. The average molecular weight is 353 g/mol. The number of carbonyl (C=O) groups is 2. The van der Waals surface area contributed by atoms with Gasteiger partial charge in [-0.2, -0.15) is 0 Å². The van der Waals surface area contributed by atoms with E-state index in [9.17, 15) is 14.7 Å². The fourth-order valence-corrected chi connectivity index (χ4v) is 2.50. The van der Waals surface area contributed by atoms with E-state index < -0.39 is 11.2 Å². The van der Waals surface area contributed by atoms with Gasteiger partial charge in [0.1, 0.15) is 11.3 Å². The number of rotatable bonds is 9. The first-order chi connectivity index (χ1) is 11.4. The van der Waals surface area contributed by atoms with E-state index in [-0.39, 0.29) is 17.2 Å². The molecule has 0 aliphatic rings. The van der Waals surface area contributed by atoms with Crippen LogP contribution in [0.3, 0.4) is 0 Å². The van der Waals surface area contributed by atoms with Crippen molar-refractivity contribution >= 4 is 22.8 Å². The van der Waals surface area contributed by atoms with E-state index in [2.05, 4.69) is 6.92 Å². The number of ether oxygens (including phenoxy) is 1. The highest BCUT2D eigenvalue weighted by Crippen LogP contribution is 2.21. The van der Waals surface area contributed by atoms with Crippen LogP contribution in [-0.2, 0) is 9.53 Å². The fourth-order valence-electron chi connectivity index (χ4n) is 2.33. The van der Waals surface area contributed by atoms with E-state index in [1.54, 1.807) is 25.1 Å². The van der Waals surface area contributed by atoms with Crippen molar-refractivity contribution in [3.8, 4) is 5.75 Å². The molecule has 0 fully saturated rings. The lowest BCUT2D eigenvalue weighted by atomic mass is 9.97. The molecule has 0 saturated carbocycles. The van der Waals surface area contributed by atoms with Gasteiger partial charge >= 0.3 is 5.97 Å². The van der Waals surface area contributed by atoms with Crippen LogP contribution in [-0.4, -0.2) is 22.9 Å². The highest BCUT2D eigenvalue weighted by atomic mass is 35.5. The molecule has 0 radical (unpaired) electrons. The number of esters is 1. The van der Waals surface area contributed by atoms with Crippen molar-refractivity contribution in [2.45, 2.75) is 46.5 Å². The molecule has 4 nitrogen and oxygen atoms in total. The lowest BCUT2D eigenvalue weighted by Gasteiger charge is -2.15. The van der Waals surface area contributed by atoms with E-state index in [0.29, 0.717) is 12.2 Å². The Kier molecular flexibility index (Phi) is 8.55. The monoisotopic (exact) mass is 352 g/mol. The van der Waals surface area contributed by atoms with Crippen LogP contribution < -0.4 is 0 Å². The second-order valence-electron chi connectivity index (χ2n) is 5.96. The van der Waals surface area contributed by atoms with E-state index in [1.807, 2.05) is 6.92 Å². The maximum Gasteiger partial charge on any atom is 0.341 e. The van der Waals surface area contributed by atoms with Crippen molar-refractivity contribution in [1.82, 2.24) is 0 Å². The third-order valence-electron chi connectivity index (χ3n) is 4.25. The Hall–Kier alpha value is -1.81. The summed E-state index contributed by atoms with van der Waals surface area (Å²) in [5.74, 6) is -0.330. The molecule has 24 heavy (non-hydrogen) atoms. The molecule has 1 rings (SSSR count). The van der Waals surface area contributed by atoms with Crippen LogP contribution in [0.5, 0.6) is 5.75 Å². The Labute approximate surface area is 148 Å². The zero-order valence-corrected chi connectivity index (χ0v) is 15.2. The first-order valence-electron chi connectivity index (χ1n) is 8.18. The number of allylic oxidation sites excluding steroid dienone is 2. The number of phenols is 1. The Bertz CT molecular complexity index is 607. The number of phenolic OH excluding ortho intramolecular Hbond substituents is 1. The molecule has 0 saturated heterocycles. The summed E-state index contributed by atoms with van der Waals surface area (Å²) in [7, 11) is 0. The molecule has 0 bridgehead atoms. The topological polar surface area (TPSA) is 63.6 Å². The maximum atomic E-state index is 12.0. The standard InChI is InChI=1S/C19H25ClO4/c1-4-15(9-7-8-13(2)14(3)18(20)22)12-24-19(23)16-10-5-6-11-17(16)21/h5-6,10-11,15,21H,4,7-9,12H2,1-3H3/b14-13-. The van der Waals surface area contributed by atoms with Gasteiger partial charge < -0.3 is 9.84 Å². The number of halogens is 1. The lowest BCUT2D eigenvalue weighted by molar-refractivity contribution is -0.108. The van der Waals surface area contributed by atoms with Gasteiger partial charge in [0.25, 0.3) is 0 Å². The molecule has 0 heterocycles. The smallest absolute Gasteiger partial charge is 0.341 e. The minimum Gasteiger partial charge on any atom is -0.507 e. The molecule has 0 aromatic heterocycles. The summed E-state index contributed by atoms with van der Waals surface area (Å²) in [4.78, 5) is 23.1. The van der Waals surface area contributed by atoms with Crippen LogP contribution in [0.2, 0.25) is 0 Å². The quantitative estimate of drug-likeness (QED) is 0.392. The summed E-state index contributed by atoms with van der Waals surface area (Å²) in [5.41, 5.74) is 1.79. The van der Waals surface area contributed by atoms with Gasteiger partial charge in [-0.3, -0.25) is 4.79 Å². The van der Waals surface area contributed by atoms with Crippen LogP contribution in [0.25, 0.3) is 0 Å². The summed E-state index contributed by atoms with van der Waals surface area (Å²) >= 11 is 5.47. The number of para-hydroxylation sites is 1. The van der Waals surface area contributed by atoms with Crippen molar-refractivity contribution in [1.29, 1.82) is 0 Å². The Morgan fingerprint density at radius 1 is 1.25 bits per heavy atom. The number of benzene rings is 1. The third kappa shape index (κ3) is 6.36. The normalized spacial score (nSPS) is 13.2. The van der Waals surface area contributed by atoms with Gasteiger partial charge in [-0.1, -0.05) is 31.1 Å². The summed E-state index contributed by atoms with van der Waals surface area (Å²) in [6.45, 7) is 6.01. The molecule has 1 unspecified atom stereocenters. The van der Waals surface area contributed by atoms with Crippen LogP contribution in [0.1, 0.15) is 56.8 Å². The molecule has 1 aromatic rings. The molecular weight excluding hydrogens is 328 g/mol. The summed E-state index contributed by atoms with van der Waals surface area (Å²) in [5, 5.41) is 9.25. The van der Waals surface area contributed by atoms with Crippen LogP contribution in [0, 0.1) is 5.92 Å². The van der Waals surface area contributed by atoms with Crippen molar-refractivity contribution in [3.63, 3.8) is 0 Å². The summed E-state index contributed by atoms with van der Waals surface area (Å²) < 4.78 is 5.32. The Morgan fingerprint density at radius 3 is 2.50 bits per heavy atom. The van der Waals surface area contributed by atoms with Crippen LogP contribution in [0.15, 0.2) is 35.4 Å². The van der Waals surface area contributed by atoms with E-state index >= 15 is 0 Å². The van der Waals surface area contributed by atoms with Gasteiger partial charge in [0.15, 0.2) is 0 Å². The Balaban J connectivity index is 2.46. The minimum atomic E-state index is -0.508. The molecule has 0 aliphatic carbocycles. The summed E-state index contributed by atoms with van der Waals surface area (Å²) in [6, 6.07) is 6.34. The molecule has 0 amide bonds. The number of hydrogen-bond acceptors (Lipinski definition) is 4. The van der Waals surface area contributed by atoms with Crippen LogP contribution >= 0.6 is 11.6 Å². The minimum absolute atomic E-state index is 0.0717. The number of aromatic hydroxyl groups is 1. The second kappa shape index (κ2) is 10.1. The first kappa shape index (κ1) is 20.2. The lowest BCUT2D eigenvalue weighted by Crippen LogP contribution is -2.14. The summed E-state index contributed by atoms with van der Waals surface area (Å²) in [6.07, 6.45) is 3.49. The average Bonchev–Trinajstić information content (AvgIpc) is 2.56. The van der Waals surface area contributed by atoms with Gasteiger partial charge in [-0.05, 0) is 62.8 Å². The number of hydrogen-bond donors (Lipinski definition) is 1.